The van der Waals surface area contributed by atoms with Crippen molar-refractivity contribution in [1.29, 1.82) is 0 Å². The first kappa shape index (κ1) is 14.1. The maximum atomic E-state index is 12.2. The second-order valence-electron chi connectivity index (χ2n) is 3.95. The summed E-state index contributed by atoms with van der Waals surface area (Å²) in [7, 11) is -3.70. The number of aliphatic hydroxyl groups excluding tert-OH is 1. The molecule has 2 aromatic heterocycles. The molecule has 0 unspecified atom stereocenters. The molecule has 0 saturated carbocycles. The highest BCUT2D eigenvalue weighted by molar-refractivity contribution is 7.89. The summed E-state index contributed by atoms with van der Waals surface area (Å²) in [5.41, 5.74) is 0.516. The van der Waals surface area contributed by atoms with E-state index >= 15 is 0 Å². The van der Waals surface area contributed by atoms with Crippen LogP contribution >= 0.6 is 11.3 Å². The number of hydrogen-bond acceptors (Lipinski definition) is 6. The zero-order valence-electron chi connectivity index (χ0n) is 10.5. The lowest BCUT2D eigenvalue weighted by Crippen LogP contribution is -2.24. The van der Waals surface area contributed by atoms with Gasteiger partial charge in [0.15, 0.2) is 0 Å². The highest BCUT2D eigenvalue weighted by Crippen LogP contribution is 2.18. The molecule has 0 spiro atoms. The zero-order chi connectivity index (χ0) is 14.0. The predicted molar refractivity (Wildman–Crippen MR) is 70.1 cm³/mol. The van der Waals surface area contributed by atoms with E-state index in [1.807, 2.05) is 6.92 Å². The number of rotatable bonds is 5. The van der Waals surface area contributed by atoms with Crippen molar-refractivity contribution < 1.29 is 13.5 Å². The molecule has 9 heteroatoms. The number of nitrogens with zero attached hydrogens (tertiary/aromatic N) is 2. The topological polar surface area (TPSA) is 108 Å². The SMILES string of the molecule is Cc1ncc(CNS(=O)(=O)c2c(CO)n[nH]c2C)s1. The molecule has 0 aromatic carbocycles. The minimum Gasteiger partial charge on any atom is -0.390 e. The van der Waals surface area contributed by atoms with Crippen LogP contribution in [0.5, 0.6) is 0 Å². The number of sulfonamides is 1. The summed E-state index contributed by atoms with van der Waals surface area (Å²) in [6, 6.07) is 0. The molecule has 0 aliphatic rings. The van der Waals surface area contributed by atoms with E-state index in [1.165, 1.54) is 11.3 Å². The number of aromatic amines is 1. The summed E-state index contributed by atoms with van der Waals surface area (Å²) in [4.78, 5) is 4.89. The average molecular weight is 302 g/mol. The number of aliphatic hydroxyl groups is 1. The average Bonchev–Trinajstić information content (AvgIpc) is 2.93. The minimum atomic E-state index is -3.70. The maximum Gasteiger partial charge on any atom is 0.244 e. The van der Waals surface area contributed by atoms with Crippen LogP contribution in [-0.2, 0) is 23.2 Å². The van der Waals surface area contributed by atoms with Crippen LogP contribution < -0.4 is 4.72 Å². The second-order valence-corrected chi connectivity index (χ2v) is 6.98. The Morgan fingerprint density at radius 3 is 2.79 bits per heavy atom. The lowest BCUT2D eigenvalue weighted by atomic mass is 10.4. The fourth-order valence-corrected chi connectivity index (χ4v) is 3.84. The molecular formula is C10H14N4O3S2. The van der Waals surface area contributed by atoms with Crippen LogP contribution in [0.15, 0.2) is 11.1 Å². The van der Waals surface area contributed by atoms with E-state index in [-0.39, 0.29) is 17.1 Å². The molecule has 104 valence electrons. The largest absolute Gasteiger partial charge is 0.390 e. The van der Waals surface area contributed by atoms with Crippen LogP contribution in [0, 0.1) is 13.8 Å². The van der Waals surface area contributed by atoms with Gasteiger partial charge in [0.1, 0.15) is 10.6 Å². The van der Waals surface area contributed by atoms with Gasteiger partial charge in [-0.25, -0.2) is 18.1 Å². The van der Waals surface area contributed by atoms with Gasteiger partial charge in [-0.05, 0) is 13.8 Å². The van der Waals surface area contributed by atoms with Gasteiger partial charge in [-0.15, -0.1) is 11.3 Å². The molecule has 2 rings (SSSR count). The lowest BCUT2D eigenvalue weighted by molar-refractivity contribution is 0.273. The van der Waals surface area contributed by atoms with E-state index in [9.17, 15) is 8.42 Å². The maximum absolute atomic E-state index is 12.2. The standard InChI is InChI=1S/C10H14N4O3S2/c1-6-10(9(5-15)14-13-6)19(16,17)12-4-8-3-11-7(2)18-8/h3,12,15H,4-5H2,1-2H3,(H,13,14). The molecule has 2 aromatic rings. The third-order valence-corrected chi connectivity index (χ3v) is 5.00. The quantitative estimate of drug-likeness (QED) is 0.743. The van der Waals surface area contributed by atoms with Crippen molar-refractivity contribution >= 4 is 21.4 Å². The number of H-pyrrole nitrogens is 1. The van der Waals surface area contributed by atoms with Crippen LogP contribution in [0.2, 0.25) is 0 Å². The molecule has 19 heavy (non-hydrogen) atoms. The molecule has 3 N–H and O–H groups in total. The van der Waals surface area contributed by atoms with E-state index in [1.54, 1.807) is 13.1 Å². The molecule has 0 atom stereocenters. The fourth-order valence-electron chi connectivity index (χ4n) is 1.66. The number of thiazole rings is 1. The third kappa shape index (κ3) is 3.00. The normalized spacial score (nSPS) is 11.9. The van der Waals surface area contributed by atoms with Gasteiger partial charge in [0, 0.05) is 17.6 Å². The molecule has 0 amide bonds. The Bertz CT molecular complexity index is 675. The second kappa shape index (κ2) is 5.37. The van der Waals surface area contributed by atoms with Crippen LogP contribution in [0.3, 0.4) is 0 Å². The Kier molecular flexibility index (Phi) is 3.99. The van der Waals surface area contributed by atoms with Gasteiger partial charge >= 0.3 is 0 Å². The van der Waals surface area contributed by atoms with Crippen molar-refractivity contribution in [3.8, 4) is 0 Å². The van der Waals surface area contributed by atoms with Crippen LogP contribution in [0.4, 0.5) is 0 Å². The molecule has 0 saturated heterocycles. The molecule has 0 bridgehead atoms. The Hall–Kier alpha value is -1.29. The molecule has 0 aliphatic heterocycles. The van der Waals surface area contributed by atoms with Crippen LogP contribution in [-0.4, -0.2) is 28.7 Å². The molecule has 0 fully saturated rings. The van der Waals surface area contributed by atoms with E-state index < -0.39 is 16.6 Å². The molecule has 7 nitrogen and oxygen atoms in total. The van der Waals surface area contributed by atoms with Crippen molar-refractivity contribution in [2.75, 3.05) is 0 Å². The number of aryl methyl sites for hydroxylation is 2. The number of aromatic nitrogens is 3. The minimum absolute atomic E-state index is 0.0104. The summed E-state index contributed by atoms with van der Waals surface area (Å²) < 4.78 is 26.8. The van der Waals surface area contributed by atoms with Crippen LogP contribution in [0.1, 0.15) is 21.3 Å². The van der Waals surface area contributed by atoms with E-state index in [4.69, 9.17) is 5.11 Å². The van der Waals surface area contributed by atoms with Gasteiger partial charge in [0.25, 0.3) is 0 Å². The Balaban J connectivity index is 2.20. The number of hydrogen-bond donors (Lipinski definition) is 3. The molecule has 0 radical (unpaired) electrons. The van der Waals surface area contributed by atoms with Crippen molar-refractivity contribution in [3.05, 3.63) is 27.5 Å². The van der Waals surface area contributed by atoms with E-state index in [0.717, 1.165) is 9.88 Å². The summed E-state index contributed by atoms with van der Waals surface area (Å²) in [5.74, 6) is 0. The fraction of sp³-hybridized carbons (Fsp3) is 0.400. The Labute approximate surface area is 114 Å². The third-order valence-electron chi connectivity index (χ3n) is 2.49. The molecule has 2 heterocycles. The smallest absolute Gasteiger partial charge is 0.244 e. The highest BCUT2D eigenvalue weighted by atomic mass is 32.2. The summed E-state index contributed by atoms with van der Waals surface area (Å²) in [6.07, 6.45) is 1.64. The number of nitrogens with one attached hydrogen (secondary N) is 2. The van der Waals surface area contributed by atoms with Gasteiger partial charge in [0.05, 0.1) is 17.3 Å². The van der Waals surface area contributed by atoms with Crippen LogP contribution in [0.25, 0.3) is 0 Å². The first-order valence-corrected chi connectivity index (χ1v) is 7.79. The van der Waals surface area contributed by atoms with E-state index in [0.29, 0.717) is 5.69 Å². The predicted octanol–water partition coefficient (Wildman–Crippen LogP) is 0.454. The molecule has 0 aliphatic carbocycles. The van der Waals surface area contributed by atoms with Gasteiger partial charge in [0.2, 0.25) is 10.0 Å². The monoisotopic (exact) mass is 302 g/mol. The van der Waals surface area contributed by atoms with Crippen molar-refractivity contribution in [1.82, 2.24) is 19.9 Å². The zero-order valence-corrected chi connectivity index (χ0v) is 12.1. The lowest BCUT2D eigenvalue weighted by Gasteiger charge is -2.05. The van der Waals surface area contributed by atoms with Gasteiger partial charge in [-0.1, -0.05) is 0 Å². The summed E-state index contributed by atoms with van der Waals surface area (Å²) >= 11 is 1.43. The van der Waals surface area contributed by atoms with Gasteiger partial charge in [-0.2, -0.15) is 5.10 Å². The van der Waals surface area contributed by atoms with Crippen molar-refractivity contribution in [2.24, 2.45) is 0 Å². The van der Waals surface area contributed by atoms with E-state index in [2.05, 4.69) is 19.9 Å². The van der Waals surface area contributed by atoms with Gasteiger partial charge in [-0.3, -0.25) is 5.10 Å². The summed E-state index contributed by atoms with van der Waals surface area (Å²) in [5, 5.41) is 16.3. The highest BCUT2D eigenvalue weighted by Gasteiger charge is 2.23. The van der Waals surface area contributed by atoms with Crippen molar-refractivity contribution in [3.63, 3.8) is 0 Å². The Morgan fingerprint density at radius 1 is 1.47 bits per heavy atom. The van der Waals surface area contributed by atoms with Gasteiger partial charge < -0.3 is 5.11 Å². The Morgan fingerprint density at radius 2 is 2.21 bits per heavy atom. The first-order valence-electron chi connectivity index (χ1n) is 5.49. The summed E-state index contributed by atoms with van der Waals surface area (Å²) in [6.45, 7) is 3.19. The first-order chi connectivity index (χ1) is 8.94. The molecular weight excluding hydrogens is 288 g/mol. The van der Waals surface area contributed by atoms with Crippen molar-refractivity contribution in [2.45, 2.75) is 31.9 Å².